The largest absolute Gasteiger partial charge is 0.354 e. The van der Waals surface area contributed by atoms with E-state index < -0.39 is 4.92 Å². The van der Waals surface area contributed by atoms with Crippen LogP contribution in [0.3, 0.4) is 0 Å². The van der Waals surface area contributed by atoms with Gasteiger partial charge in [-0.1, -0.05) is 0 Å². The van der Waals surface area contributed by atoms with Gasteiger partial charge in [0.15, 0.2) is 0 Å². The Hall–Kier alpha value is -2.71. The molecule has 9 nitrogen and oxygen atoms in total. The van der Waals surface area contributed by atoms with Crippen LogP contribution in [0.1, 0.15) is 23.5 Å². The summed E-state index contributed by atoms with van der Waals surface area (Å²) in [5.74, 6) is -0.220. The molecule has 1 N–H and O–H groups in total. The zero-order valence-corrected chi connectivity index (χ0v) is 13.4. The maximum Gasteiger partial charge on any atom is 0.312 e. The van der Waals surface area contributed by atoms with Crippen molar-refractivity contribution in [2.75, 3.05) is 6.54 Å². The molecule has 0 spiro atoms. The maximum atomic E-state index is 11.9. The first-order chi connectivity index (χ1) is 10.9. The monoisotopic (exact) mass is 320 g/mol. The van der Waals surface area contributed by atoms with Gasteiger partial charge in [0, 0.05) is 25.0 Å². The number of hydrogen-bond donors (Lipinski definition) is 1. The highest BCUT2D eigenvalue weighted by Crippen LogP contribution is 2.21. The number of nitrogens with one attached hydrogen (secondary N) is 1. The molecule has 0 aliphatic carbocycles. The van der Waals surface area contributed by atoms with Gasteiger partial charge in [0.25, 0.3) is 0 Å². The Kier molecular flexibility index (Phi) is 5.09. The van der Waals surface area contributed by atoms with Gasteiger partial charge < -0.3 is 5.32 Å². The van der Waals surface area contributed by atoms with E-state index in [1.807, 2.05) is 17.7 Å². The summed E-state index contributed by atoms with van der Waals surface area (Å²) in [4.78, 5) is 22.4. The van der Waals surface area contributed by atoms with Crippen LogP contribution in [0.25, 0.3) is 0 Å². The fourth-order valence-corrected chi connectivity index (χ4v) is 2.39. The molecule has 1 amide bonds. The quantitative estimate of drug-likeness (QED) is 0.467. The molecule has 9 heteroatoms. The minimum absolute atomic E-state index is 0.0265. The SMILES string of the molecule is Cc1nn(CC(=O)NCCCn2nccc2C)c(C)c1[N+](=O)[O-]. The van der Waals surface area contributed by atoms with Crippen molar-refractivity contribution in [1.82, 2.24) is 24.9 Å². The van der Waals surface area contributed by atoms with E-state index in [1.165, 1.54) is 4.68 Å². The van der Waals surface area contributed by atoms with E-state index in [1.54, 1.807) is 20.0 Å². The first-order valence-electron chi connectivity index (χ1n) is 7.33. The average Bonchev–Trinajstić information content (AvgIpc) is 2.99. The van der Waals surface area contributed by atoms with Crippen LogP contribution in [0, 0.1) is 30.9 Å². The van der Waals surface area contributed by atoms with Crippen LogP contribution in [-0.4, -0.2) is 36.9 Å². The van der Waals surface area contributed by atoms with Crippen molar-refractivity contribution in [2.45, 2.75) is 40.3 Å². The lowest BCUT2D eigenvalue weighted by Gasteiger charge is -2.07. The molecule has 0 atom stereocenters. The summed E-state index contributed by atoms with van der Waals surface area (Å²) < 4.78 is 3.23. The molecule has 0 unspecified atom stereocenters. The Bertz CT molecular complexity index is 718. The summed E-state index contributed by atoms with van der Waals surface area (Å²) in [5, 5.41) is 21.9. The second-order valence-corrected chi connectivity index (χ2v) is 5.33. The van der Waals surface area contributed by atoms with Crippen LogP contribution in [-0.2, 0) is 17.9 Å². The van der Waals surface area contributed by atoms with Crippen molar-refractivity contribution >= 4 is 11.6 Å². The molecular weight excluding hydrogens is 300 g/mol. The van der Waals surface area contributed by atoms with Gasteiger partial charge >= 0.3 is 5.69 Å². The third kappa shape index (κ3) is 3.93. The van der Waals surface area contributed by atoms with Crippen LogP contribution in [0.15, 0.2) is 12.3 Å². The highest BCUT2D eigenvalue weighted by Gasteiger charge is 2.22. The standard InChI is InChI=1S/C14H20N6O3/c1-10-5-7-16-18(10)8-4-6-15-13(21)9-19-12(3)14(20(22)23)11(2)17-19/h5,7H,4,6,8-9H2,1-3H3,(H,15,21). The highest BCUT2D eigenvalue weighted by atomic mass is 16.6. The molecule has 0 aliphatic heterocycles. The zero-order chi connectivity index (χ0) is 17.0. The van der Waals surface area contributed by atoms with E-state index >= 15 is 0 Å². The molecule has 2 aromatic heterocycles. The van der Waals surface area contributed by atoms with Crippen molar-refractivity contribution < 1.29 is 9.72 Å². The molecule has 0 bridgehead atoms. The maximum absolute atomic E-state index is 11.9. The predicted molar refractivity (Wildman–Crippen MR) is 82.9 cm³/mol. The van der Waals surface area contributed by atoms with Gasteiger partial charge in [0.2, 0.25) is 5.91 Å². The molecule has 0 radical (unpaired) electrons. The molecule has 0 saturated heterocycles. The van der Waals surface area contributed by atoms with Crippen LogP contribution >= 0.6 is 0 Å². The molecule has 0 saturated carbocycles. The number of carbonyl (C=O) groups is 1. The number of aromatic nitrogens is 4. The third-order valence-electron chi connectivity index (χ3n) is 3.62. The van der Waals surface area contributed by atoms with Gasteiger partial charge in [-0.3, -0.25) is 24.3 Å². The van der Waals surface area contributed by atoms with Gasteiger partial charge in [-0.25, -0.2) is 0 Å². The second kappa shape index (κ2) is 7.03. The summed E-state index contributed by atoms with van der Waals surface area (Å²) >= 11 is 0. The average molecular weight is 320 g/mol. The Morgan fingerprint density at radius 3 is 2.65 bits per heavy atom. The number of aryl methyl sites for hydroxylation is 3. The number of nitrogens with zero attached hydrogens (tertiary/aromatic N) is 5. The fraction of sp³-hybridized carbons (Fsp3) is 0.500. The molecule has 23 heavy (non-hydrogen) atoms. The first kappa shape index (κ1) is 16.7. The van der Waals surface area contributed by atoms with E-state index in [2.05, 4.69) is 15.5 Å². The molecule has 0 aromatic carbocycles. The minimum atomic E-state index is -0.474. The van der Waals surface area contributed by atoms with E-state index in [0.29, 0.717) is 17.9 Å². The van der Waals surface area contributed by atoms with Crippen molar-refractivity contribution in [3.63, 3.8) is 0 Å². The fourth-order valence-electron chi connectivity index (χ4n) is 2.39. The molecule has 2 rings (SSSR count). The Balaban J connectivity index is 1.82. The van der Waals surface area contributed by atoms with Crippen LogP contribution < -0.4 is 5.32 Å². The van der Waals surface area contributed by atoms with Crippen LogP contribution in [0.4, 0.5) is 5.69 Å². The topological polar surface area (TPSA) is 108 Å². The lowest BCUT2D eigenvalue weighted by molar-refractivity contribution is -0.386. The highest BCUT2D eigenvalue weighted by molar-refractivity contribution is 5.75. The summed E-state index contributed by atoms with van der Waals surface area (Å²) in [6.07, 6.45) is 2.50. The smallest absolute Gasteiger partial charge is 0.312 e. The van der Waals surface area contributed by atoms with E-state index in [-0.39, 0.29) is 18.1 Å². The Morgan fingerprint density at radius 1 is 1.35 bits per heavy atom. The van der Waals surface area contributed by atoms with Crippen LogP contribution in [0.2, 0.25) is 0 Å². The number of hydrogen-bond acceptors (Lipinski definition) is 5. The molecule has 2 heterocycles. The van der Waals surface area contributed by atoms with E-state index in [4.69, 9.17) is 0 Å². The lowest BCUT2D eigenvalue weighted by atomic mass is 10.3. The van der Waals surface area contributed by atoms with Crippen LogP contribution in [0.5, 0.6) is 0 Å². The number of carbonyl (C=O) groups excluding carboxylic acids is 1. The zero-order valence-electron chi connectivity index (χ0n) is 13.4. The Labute approximate surface area is 133 Å². The van der Waals surface area contributed by atoms with Gasteiger partial charge in [-0.2, -0.15) is 10.2 Å². The summed E-state index contributed by atoms with van der Waals surface area (Å²) in [5.41, 5.74) is 1.74. The summed E-state index contributed by atoms with van der Waals surface area (Å²) in [7, 11) is 0. The van der Waals surface area contributed by atoms with Crippen molar-refractivity contribution in [3.8, 4) is 0 Å². The summed E-state index contributed by atoms with van der Waals surface area (Å²) in [6.45, 7) is 6.34. The molecule has 124 valence electrons. The summed E-state index contributed by atoms with van der Waals surface area (Å²) in [6, 6.07) is 1.92. The number of rotatable bonds is 7. The van der Waals surface area contributed by atoms with E-state index in [0.717, 1.165) is 18.7 Å². The van der Waals surface area contributed by atoms with Crippen molar-refractivity contribution in [2.24, 2.45) is 0 Å². The molecule has 0 fully saturated rings. The number of amides is 1. The predicted octanol–water partition coefficient (Wildman–Crippen LogP) is 1.12. The number of nitro groups is 1. The van der Waals surface area contributed by atoms with Crippen molar-refractivity contribution in [1.29, 1.82) is 0 Å². The Morgan fingerprint density at radius 2 is 2.09 bits per heavy atom. The van der Waals surface area contributed by atoms with Gasteiger partial charge in [-0.15, -0.1) is 0 Å². The molecule has 2 aromatic rings. The van der Waals surface area contributed by atoms with Crippen molar-refractivity contribution in [3.05, 3.63) is 39.5 Å². The first-order valence-corrected chi connectivity index (χ1v) is 7.33. The minimum Gasteiger partial charge on any atom is -0.354 e. The third-order valence-corrected chi connectivity index (χ3v) is 3.62. The molecular formula is C14H20N6O3. The van der Waals surface area contributed by atoms with Gasteiger partial charge in [-0.05, 0) is 33.3 Å². The van der Waals surface area contributed by atoms with Gasteiger partial charge in [0.05, 0.1) is 4.92 Å². The van der Waals surface area contributed by atoms with Gasteiger partial charge in [0.1, 0.15) is 17.9 Å². The van der Waals surface area contributed by atoms with E-state index in [9.17, 15) is 14.9 Å². The molecule has 0 aliphatic rings. The normalized spacial score (nSPS) is 10.7. The second-order valence-electron chi connectivity index (χ2n) is 5.33. The lowest BCUT2D eigenvalue weighted by Crippen LogP contribution is -2.29.